The Bertz CT molecular complexity index is 368. The third-order valence-electron chi connectivity index (χ3n) is 2.22. The van der Waals surface area contributed by atoms with Gasteiger partial charge in [-0.25, -0.2) is 4.39 Å². The standard InChI is InChI=1S/C12H16FNOS/c1-2-3-4-7-15-11-6-5-9(12(14)16)8-10(11)13/h5-6,8H,2-4,7H2,1H3,(H2,14,16). The first-order valence-corrected chi connectivity index (χ1v) is 5.78. The Hall–Kier alpha value is -1.16. The van der Waals surface area contributed by atoms with Gasteiger partial charge in [0.25, 0.3) is 0 Å². The summed E-state index contributed by atoms with van der Waals surface area (Å²) in [5.41, 5.74) is 5.92. The van der Waals surface area contributed by atoms with Gasteiger partial charge in [-0.1, -0.05) is 32.0 Å². The lowest BCUT2D eigenvalue weighted by molar-refractivity contribution is 0.291. The van der Waals surface area contributed by atoms with Crippen molar-refractivity contribution in [2.75, 3.05) is 6.61 Å². The molecule has 0 spiro atoms. The Balaban J connectivity index is 2.57. The molecule has 0 atom stereocenters. The number of hydrogen-bond donors (Lipinski definition) is 1. The summed E-state index contributed by atoms with van der Waals surface area (Å²) in [6, 6.07) is 4.54. The maximum absolute atomic E-state index is 13.5. The lowest BCUT2D eigenvalue weighted by Gasteiger charge is -2.07. The van der Waals surface area contributed by atoms with Crippen LogP contribution in [0.25, 0.3) is 0 Å². The second kappa shape index (κ2) is 6.43. The normalized spacial score (nSPS) is 10.1. The van der Waals surface area contributed by atoms with Crippen molar-refractivity contribution in [3.63, 3.8) is 0 Å². The highest BCUT2D eigenvalue weighted by molar-refractivity contribution is 7.80. The lowest BCUT2D eigenvalue weighted by atomic mass is 10.2. The quantitative estimate of drug-likeness (QED) is 0.614. The van der Waals surface area contributed by atoms with Gasteiger partial charge in [0.15, 0.2) is 11.6 Å². The zero-order chi connectivity index (χ0) is 12.0. The van der Waals surface area contributed by atoms with E-state index in [0.29, 0.717) is 12.2 Å². The molecule has 0 radical (unpaired) electrons. The molecule has 0 bridgehead atoms. The molecule has 88 valence electrons. The average molecular weight is 241 g/mol. The van der Waals surface area contributed by atoms with Crippen LogP contribution in [0, 0.1) is 5.82 Å². The Morgan fingerprint density at radius 2 is 2.19 bits per heavy atom. The minimum Gasteiger partial charge on any atom is -0.491 e. The van der Waals surface area contributed by atoms with E-state index in [1.807, 2.05) is 0 Å². The Morgan fingerprint density at radius 1 is 1.44 bits per heavy atom. The van der Waals surface area contributed by atoms with Gasteiger partial charge in [0.2, 0.25) is 0 Å². The highest BCUT2D eigenvalue weighted by atomic mass is 32.1. The number of nitrogens with two attached hydrogens (primary N) is 1. The van der Waals surface area contributed by atoms with E-state index >= 15 is 0 Å². The van der Waals surface area contributed by atoms with Crippen LogP contribution in [0.3, 0.4) is 0 Å². The van der Waals surface area contributed by atoms with Gasteiger partial charge >= 0.3 is 0 Å². The molecule has 1 aromatic rings. The molecule has 0 aliphatic carbocycles. The summed E-state index contributed by atoms with van der Waals surface area (Å²) in [6.07, 6.45) is 3.14. The molecule has 0 aliphatic heterocycles. The Labute approximate surface area is 101 Å². The van der Waals surface area contributed by atoms with E-state index in [1.165, 1.54) is 6.07 Å². The average Bonchev–Trinajstić information content (AvgIpc) is 2.26. The minimum absolute atomic E-state index is 0.191. The smallest absolute Gasteiger partial charge is 0.165 e. The van der Waals surface area contributed by atoms with Crippen LogP contribution in [0.5, 0.6) is 5.75 Å². The van der Waals surface area contributed by atoms with Gasteiger partial charge in [-0.05, 0) is 24.6 Å². The molecule has 0 amide bonds. The molecule has 0 aliphatic rings. The first-order chi connectivity index (χ1) is 7.65. The third-order valence-corrected chi connectivity index (χ3v) is 2.46. The van der Waals surface area contributed by atoms with Crippen LogP contribution in [0.15, 0.2) is 18.2 Å². The summed E-state index contributed by atoms with van der Waals surface area (Å²) in [7, 11) is 0. The highest BCUT2D eigenvalue weighted by Crippen LogP contribution is 2.18. The molecular formula is C12H16FNOS. The molecule has 1 rings (SSSR count). The fourth-order valence-electron chi connectivity index (χ4n) is 1.31. The van der Waals surface area contributed by atoms with Gasteiger partial charge in [0, 0.05) is 5.56 Å². The van der Waals surface area contributed by atoms with Gasteiger partial charge in [-0.15, -0.1) is 0 Å². The Morgan fingerprint density at radius 3 is 2.75 bits per heavy atom. The summed E-state index contributed by atoms with van der Waals surface area (Å²) < 4.78 is 18.8. The van der Waals surface area contributed by atoms with Crippen LogP contribution >= 0.6 is 12.2 Å². The maximum atomic E-state index is 13.5. The highest BCUT2D eigenvalue weighted by Gasteiger charge is 2.05. The monoisotopic (exact) mass is 241 g/mol. The predicted molar refractivity (Wildman–Crippen MR) is 67.3 cm³/mol. The van der Waals surface area contributed by atoms with Crippen molar-refractivity contribution < 1.29 is 9.13 Å². The largest absolute Gasteiger partial charge is 0.491 e. The van der Waals surface area contributed by atoms with Crippen molar-refractivity contribution >= 4 is 17.2 Å². The summed E-state index contributed by atoms with van der Waals surface area (Å²) >= 11 is 4.76. The molecule has 0 saturated heterocycles. The topological polar surface area (TPSA) is 35.2 Å². The van der Waals surface area contributed by atoms with Crippen LogP contribution in [-0.4, -0.2) is 11.6 Å². The van der Waals surface area contributed by atoms with E-state index in [1.54, 1.807) is 12.1 Å². The summed E-state index contributed by atoms with van der Waals surface area (Å²) in [5.74, 6) is -0.155. The predicted octanol–water partition coefficient (Wildman–Crippen LogP) is 3.03. The van der Waals surface area contributed by atoms with Crippen LogP contribution < -0.4 is 10.5 Å². The fraction of sp³-hybridized carbons (Fsp3) is 0.417. The van der Waals surface area contributed by atoms with Gasteiger partial charge in [0.1, 0.15) is 4.99 Å². The number of ether oxygens (including phenoxy) is 1. The van der Waals surface area contributed by atoms with Gasteiger partial charge in [-0.3, -0.25) is 0 Å². The van der Waals surface area contributed by atoms with E-state index in [-0.39, 0.29) is 10.7 Å². The molecule has 0 fully saturated rings. The van der Waals surface area contributed by atoms with Crippen molar-refractivity contribution in [2.24, 2.45) is 5.73 Å². The summed E-state index contributed by atoms with van der Waals surface area (Å²) in [5, 5.41) is 0. The molecule has 0 unspecified atom stereocenters. The SMILES string of the molecule is CCCCCOc1ccc(C(N)=S)cc1F. The van der Waals surface area contributed by atoms with E-state index < -0.39 is 5.82 Å². The lowest BCUT2D eigenvalue weighted by Crippen LogP contribution is -2.10. The van der Waals surface area contributed by atoms with Gasteiger partial charge in [0.05, 0.1) is 6.61 Å². The molecule has 0 aromatic heterocycles. The third kappa shape index (κ3) is 3.77. The molecule has 4 heteroatoms. The zero-order valence-corrected chi connectivity index (χ0v) is 10.1. The molecule has 1 aromatic carbocycles. The van der Waals surface area contributed by atoms with E-state index in [4.69, 9.17) is 22.7 Å². The van der Waals surface area contributed by atoms with Crippen LogP contribution in [0.4, 0.5) is 4.39 Å². The summed E-state index contributed by atoms with van der Waals surface area (Å²) in [6.45, 7) is 2.65. The molecule has 0 saturated carbocycles. The first-order valence-electron chi connectivity index (χ1n) is 5.37. The van der Waals surface area contributed by atoms with Crippen LogP contribution in [-0.2, 0) is 0 Å². The Kier molecular flexibility index (Phi) is 5.19. The van der Waals surface area contributed by atoms with Crippen LogP contribution in [0.2, 0.25) is 0 Å². The number of thiocarbonyl (C=S) groups is 1. The number of halogens is 1. The van der Waals surface area contributed by atoms with E-state index in [0.717, 1.165) is 19.3 Å². The number of hydrogen-bond acceptors (Lipinski definition) is 2. The van der Waals surface area contributed by atoms with Crippen molar-refractivity contribution in [1.82, 2.24) is 0 Å². The minimum atomic E-state index is -0.415. The second-order valence-corrected chi connectivity index (χ2v) is 4.00. The molecule has 2 N–H and O–H groups in total. The number of benzene rings is 1. The zero-order valence-electron chi connectivity index (χ0n) is 9.33. The van der Waals surface area contributed by atoms with Crippen molar-refractivity contribution in [2.45, 2.75) is 26.2 Å². The fourth-order valence-corrected chi connectivity index (χ4v) is 1.43. The second-order valence-electron chi connectivity index (χ2n) is 3.57. The van der Waals surface area contributed by atoms with E-state index in [2.05, 4.69) is 6.92 Å². The number of rotatable bonds is 6. The van der Waals surface area contributed by atoms with Gasteiger partial charge < -0.3 is 10.5 Å². The van der Waals surface area contributed by atoms with Crippen molar-refractivity contribution in [3.8, 4) is 5.75 Å². The van der Waals surface area contributed by atoms with Crippen LogP contribution in [0.1, 0.15) is 31.7 Å². The van der Waals surface area contributed by atoms with Crippen molar-refractivity contribution in [1.29, 1.82) is 0 Å². The molecule has 16 heavy (non-hydrogen) atoms. The first kappa shape index (κ1) is 12.9. The maximum Gasteiger partial charge on any atom is 0.165 e. The summed E-state index contributed by atoms with van der Waals surface area (Å²) in [4.78, 5) is 0.191. The van der Waals surface area contributed by atoms with Gasteiger partial charge in [-0.2, -0.15) is 0 Å². The molecule has 2 nitrogen and oxygen atoms in total. The number of unbranched alkanes of at least 4 members (excludes halogenated alkanes) is 2. The van der Waals surface area contributed by atoms with Crippen molar-refractivity contribution in [3.05, 3.63) is 29.6 Å². The molecule has 0 heterocycles. The van der Waals surface area contributed by atoms with E-state index in [9.17, 15) is 4.39 Å². The molecular weight excluding hydrogens is 225 g/mol.